The third-order valence-electron chi connectivity index (χ3n) is 2.19. The molecule has 0 radical (unpaired) electrons. The van der Waals surface area contributed by atoms with Crippen molar-refractivity contribution in [3.63, 3.8) is 0 Å². The zero-order valence-electron chi connectivity index (χ0n) is 6.75. The molecule has 1 aromatic rings. The third-order valence-corrected chi connectivity index (χ3v) is 2.58. The molecule has 1 aromatic heterocycles. The molecule has 0 spiro atoms. The van der Waals surface area contributed by atoms with E-state index >= 15 is 0 Å². The Kier molecular flexibility index (Phi) is 2.01. The Morgan fingerprint density at radius 1 is 1.69 bits per heavy atom. The first-order valence-corrected chi connectivity index (χ1v) is 4.41. The largest absolute Gasteiger partial charge is 0.480 e. The van der Waals surface area contributed by atoms with Crippen LogP contribution in [0.15, 0.2) is 12.3 Å². The summed E-state index contributed by atoms with van der Waals surface area (Å²) >= 11 is 5.98. The van der Waals surface area contributed by atoms with Crippen LogP contribution in [0, 0.1) is 0 Å². The fourth-order valence-electron chi connectivity index (χ4n) is 1.56. The lowest BCUT2D eigenvalue weighted by Gasteiger charge is -2.24. The van der Waals surface area contributed by atoms with Crippen LogP contribution in [0.25, 0.3) is 0 Å². The molecule has 0 aromatic carbocycles. The number of hydrogen-bond donors (Lipinski definition) is 3. The number of carbonyl (C=O) groups is 1. The number of H-pyrrole nitrogens is 1. The molecule has 2 rings (SSSR count). The molecule has 2 unspecified atom stereocenters. The molecule has 0 bridgehead atoms. The average molecular weight is 201 g/mol. The first-order chi connectivity index (χ1) is 6.20. The van der Waals surface area contributed by atoms with Gasteiger partial charge >= 0.3 is 5.97 Å². The topological polar surface area (TPSA) is 65.1 Å². The van der Waals surface area contributed by atoms with E-state index in [9.17, 15) is 4.79 Å². The summed E-state index contributed by atoms with van der Waals surface area (Å²) in [6.07, 6.45) is 1.71. The second kappa shape index (κ2) is 3.05. The minimum Gasteiger partial charge on any atom is -0.480 e. The van der Waals surface area contributed by atoms with E-state index in [4.69, 9.17) is 16.7 Å². The Balaban J connectivity index is 2.40. The number of aliphatic carboxylic acids is 1. The Hall–Kier alpha value is -1.00. The number of rotatable bonds is 1. The van der Waals surface area contributed by atoms with Crippen LogP contribution < -0.4 is 5.32 Å². The first-order valence-electron chi connectivity index (χ1n) is 3.97. The quantitative estimate of drug-likeness (QED) is 0.593. The maximum absolute atomic E-state index is 10.8. The van der Waals surface area contributed by atoms with Crippen LogP contribution in [0.2, 0.25) is 0 Å². The number of fused-ring (bicyclic) bond motifs is 1. The van der Waals surface area contributed by atoms with Crippen molar-refractivity contribution in [1.29, 1.82) is 0 Å². The zero-order chi connectivity index (χ0) is 9.42. The molecule has 1 aliphatic heterocycles. The summed E-state index contributed by atoms with van der Waals surface area (Å²) in [5.74, 6) is -0.882. The SMILES string of the molecule is O=C(O)C1NCC(Cl)c2cc[nH]c21. The van der Waals surface area contributed by atoms with Gasteiger partial charge in [-0.3, -0.25) is 10.1 Å². The van der Waals surface area contributed by atoms with Crippen molar-refractivity contribution in [1.82, 2.24) is 10.3 Å². The van der Waals surface area contributed by atoms with Crippen LogP contribution in [0.4, 0.5) is 0 Å². The van der Waals surface area contributed by atoms with Crippen molar-refractivity contribution < 1.29 is 9.90 Å². The predicted molar refractivity (Wildman–Crippen MR) is 47.8 cm³/mol. The van der Waals surface area contributed by atoms with E-state index in [1.807, 2.05) is 6.07 Å². The second-order valence-corrected chi connectivity index (χ2v) is 3.52. The molecule has 0 aliphatic carbocycles. The van der Waals surface area contributed by atoms with Gasteiger partial charge in [0.25, 0.3) is 0 Å². The van der Waals surface area contributed by atoms with Crippen LogP contribution in [0.1, 0.15) is 22.7 Å². The molecule has 0 saturated heterocycles. The van der Waals surface area contributed by atoms with E-state index in [2.05, 4.69) is 10.3 Å². The number of aromatic amines is 1. The van der Waals surface area contributed by atoms with Gasteiger partial charge in [0, 0.05) is 18.4 Å². The normalized spacial score (nSPS) is 26.8. The predicted octanol–water partition coefficient (Wildman–Crippen LogP) is 1.02. The van der Waals surface area contributed by atoms with Gasteiger partial charge in [-0.05, 0) is 11.6 Å². The highest BCUT2D eigenvalue weighted by Gasteiger charge is 2.30. The molecular formula is C8H9ClN2O2. The fraction of sp³-hybridized carbons (Fsp3) is 0.375. The summed E-state index contributed by atoms with van der Waals surface area (Å²) < 4.78 is 0. The number of carboxylic acids is 1. The van der Waals surface area contributed by atoms with E-state index in [0.29, 0.717) is 12.2 Å². The molecule has 5 heteroatoms. The zero-order valence-corrected chi connectivity index (χ0v) is 7.51. The lowest BCUT2D eigenvalue weighted by Crippen LogP contribution is -2.35. The molecule has 4 nitrogen and oxygen atoms in total. The van der Waals surface area contributed by atoms with Crippen LogP contribution in [-0.2, 0) is 4.79 Å². The van der Waals surface area contributed by atoms with Gasteiger partial charge in [0.1, 0.15) is 6.04 Å². The van der Waals surface area contributed by atoms with Crippen molar-refractivity contribution in [2.24, 2.45) is 0 Å². The molecule has 0 saturated carbocycles. The maximum atomic E-state index is 10.8. The number of alkyl halides is 1. The van der Waals surface area contributed by atoms with Crippen molar-refractivity contribution in [2.45, 2.75) is 11.4 Å². The average Bonchev–Trinajstić information content (AvgIpc) is 2.53. The van der Waals surface area contributed by atoms with Gasteiger partial charge in [-0.25, -0.2) is 0 Å². The van der Waals surface area contributed by atoms with Crippen molar-refractivity contribution in [3.8, 4) is 0 Å². The van der Waals surface area contributed by atoms with Gasteiger partial charge in [0.15, 0.2) is 0 Å². The Labute approximate surface area is 79.9 Å². The van der Waals surface area contributed by atoms with Crippen LogP contribution in [0.5, 0.6) is 0 Å². The summed E-state index contributed by atoms with van der Waals surface area (Å²) in [6.45, 7) is 0.489. The van der Waals surface area contributed by atoms with Crippen molar-refractivity contribution >= 4 is 17.6 Å². The van der Waals surface area contributed by atoms with Crippen molar-refractivity contribution in [2.75, 3.05) is 6.54 Å². The summed E-state index contributed by atoms with van der Waals surface area (Å²) in [7, 11) is 0. The van der Waals surface area contributed by atoms with Gasteiger partial charge < -0.3 is 10.1 Å². The lowest BCUT2D eigenvalue weighted by atomic mass is 10.0. The standard InChI is InChI=1S/C8H9ClN2O2/c9-5-3-11-7(8(12)13)6-4(5)1-2-10-6/h1-2,5,7,10-11H,3H2,(H,12,13). The van der Waals surface area contributed by atoms with Crippen LogP contribution in [0.3, 0.4) is 0 Å². The van der Waals surface area contributed by atoms with E-state index in [1.165, 1.54) is 0 Å². The van der Waals surface area contributed by atoms with E-state index in [-0.39, 0.29) is 5.38 Å². The smallest absolute Gasteiger partial charge is 0.326 e. The Morgan fingerprint density at radius 2 is 2.46 bits per heavy atom. The number of carboxylic acid groups (broad SMARTS) is 1. The highest BCUT2D eigenvalue weighted by atomic mass is 35.5. The van der Waals surface area contributed by atoms with Crippen molar-refractivity contribution in [3.05, 3.63) is 23.5 Å². The molecule has 70 valence electrons. The summed E-state index contributed by atoms with van der Waals surface area (Å²) in [5.41, 5.74) is 1.55. The van der Waals surface area contributed by atoms with E-state index < -0.39 is 12.0 Å². The maximum Gasteiger partial charge on any atom is 0.326 e. The van der Waals surface area contributed by atoms with Gasteiger partial charge in [-0.2, -0.15) is 0 Å². The molecule has 1 aliphatic rings. The number of halogens is 1. The lowest BCUT2D eigenvalue weighted by molar-refractivity contribution is -0.139. The molecular weight excluding hydrogens is 192 g/mol. The molecule has 0 fully saturated rings. The Morgan fingerprint density at radius 3 is 3.15 bits per heavy atom. The minimum atomic E-state index is -0.882. The van der Waals surface area contributed by atoms with Crippen LogP contribution in [-0.4, -0.2) is 22.6 Å². The Bertz CT molecular complexity index is 337. The minimum absolute atomic E-state index is 0.142. The van der Waals surface area contributed by atoms with Gasteiger partial charge in [-0.1, -0.05) is 0 Å². The van der Waals surface area contributed by atoms with Gasteiger partial charge in [0.05, 0.1) is 5.38 Å². The number of hydrogen-bond acceptors (Lipinski definition) is 2. The van der Waals surface area contributed by atoms with Gasteiger partial charge in [-0.15, -0.1) is 11.6 Å². The number of nitrogens with one attached hydrogen (secondary N) is 2. The fourth-order valence-corrected chi connectivity index (χ4v) is 1.84. The molecule has 2 heterocycles. The summed E-state index contributed by atoms with van der Waals surface area (Å²) in [5, 5.41) is 11.6. The van der Waals surface area contributed by atoms with Crippen LogP contribution >= 0.6 is 11.6 Å². The summed E-state index contributed by atoms with van der Waals surface area (Å²) in [6, 6.07) is 1.17. The first kappa shape index (κ1) is 8.59. The summed E-state index contributed by atoms with van der Waals surface area (Å²) in [4.78, 5) is 13.7. The molecule has 2 atom stereocenters. The monoisotopic (exact) mass is 200 g/mol. The number of aromatic nitrogens is 1. The third kappa shape index (κ3) is 1.32. The highest BCUT2D eigenvalue weighted by Crippen LogP contribution is 2.31. The van der Waals surface area contributed by atoms with E-state index in [0.717, 1.165) is 5.56 Å². The van der Waals surface area contributed by atoms with Gasteiger partial charge in [0.2, 0.25) is 0 Å². The molecule has 0 amide bonds. The van der Waals surface area contributed by atoms with E-state index in [1.54, 1.807) is 6.20 Å². The second-order valence-electron chi connectivity index (χ2n) is 2.99. The molecule has 13 heavy (non-hydrogen) atoms. The highest BCUT2D eigenvalue weighted by molar-refractivity contribution is 6.21. The molecule has 3 N–H and O–H groups in total.